The Morgan fingerprint density at radius 3 is 2.57 bits per heavy atom. The van der Waals surface area contributed by atoms with Crippen molar-refractivity contribution in [2.24, 2.45) is 0 Å². The van der Waals surface area contributed by atoms with Crippen LogP contribution in [0, 0.1) is 13.8 Å². The number of sulfonamides is 1. The van der Waals surface area contributed by atoms with Crippen LogP contribution in [-0.2, 0) is 10.0 Å². The Labute approximate surface area is 128 Å². The van der Waals surface area contributed by atoms with E-state index in [1.165, 1.54) is 18.3 Å². The lowest BCUT2D eigenvalue weighted by Gasteiger charge is -2.13. The maximum Gasteiger partial charge on any atom is 0.241 e. The Kier molecular flexibility index (Phi) is 4.27. The fraction of sp³-hybridized carbons (Fsp3) is 0.308. The number of hydrogen-bond donors (Lipinski definition) is 2. The summed E-state index contributed by atoms with van der Waals surface area (Å²) >= 11 is 5.94. The Morgan fingerprint density at radius 1 is 1.38 bits per heavy atom. The van der Waals surface area contributed by atoms with Gasteiger partial charge >= 0.3 is 0 Å². The number of nitrogens with one attached hydrogen (secondary N) is 1. The molecule has 3 N–H and O–H groups in total. The van der Waals surface area contributed by atoms with Crippen molar-refractivity contribution in [1.82, 2.24) is 9.71 Å². The smallest absolute Gasteiger partial charge is 0.241 e. The molecule has 0 fully saturated rings. The third-order valence-corrected chi connectivity index (χ3v) is 4.94. The molecular formula is C13H16ClN3O3S. The molecule has 8 heteroatoms. The average Bonchev–Trinajstić information content (AvgIpc) is 2.81. The molecule has 0 bridgehead atoms. The van der Waals surface area contributed by atoms with Crippen molar-refractivity contribution in [3.8, 4) is 0 Å². The fourth-order valence-corrected chi connectivity index (χ4v) is 3.27. The number of halogens is 1. The average molecular weight is 330 g/mol. The molecule has 0 aliphatic rings. The van der Waals surface area contributed by atoms with Gasteiger partial charge in [-0.05, 0) is 38.5 Å². The number of oxazole rings is 1. The summed E-state index contributed by atoms with van der Waals surface area (Å²) in [4.78, 5) is 4.06. The molecule has 2 aromatic rings. The number of hydrogen-bond acceptors (Lipinski definition) is 5. The van der Waals surface area contributed by atoms with Crippen molar-refractivity contribution in [2.75, 3.05) is 5.73 Å². The van der Waals surface area contributed by atoms with E-state index in [9.17, 15) is 8.42 Å². The van der Waals surface area contributed by atoms with Crippen LogP contribution >= 0.6 is 11.6 Å². The fourth-order valence-electron chi connectivity index (χ4n) is 1.84. The third kappa shape index (κ3) is 3.37. The lowest BCUT2D eigenvalue weighted by atomic mass is 10.2. The van der Waals surface area contributed by atoms with Crippen LogP contribution < -0.4 is 10.5 Å². The molecule has 0 aliphatic heterocycles. The van der Waals surface area contributed by atoms with Gasteiger partial charge in [-0.2, -0.15) is 4.72 Å². The van der Waals surface area contributed by atoms with Crippen molar-refractivity contribution >= 4 is 27.3 Å². The Bertz CT molecular complexity index is 748. The summed E-state index contributed by atoms with van der Waals surface area (Å²) in [7, 11) is -3.75. The van der Waals surface area contributed by atoms with Crippen LogP contribution in [0.15, 0.2) is 27.6 Å². The van der Waals surface area contributed by atoms with E-state index in [4.69, 9.17) is 21.8 Å². The number of nitrogen functional groups attached to an aromatic ring is 1. The number of nitrogens with zero attached hydrogens (tertiary/aromatic N) is 1. The number of anilines is 1. The summed E-state index contributed by atoms with van der Waals surface area (Å²) in [6.45, 7) is 5.08. The van der Waals surface area contributed by atoms with Crippen LogP contribution in [-0.4, -0.2) is 13.4 Å². The van der Waals surface area contributed by atoms with E-state index < -0.39 is 16.1 Å². The van der Waals surface area contributed by atoms with E-state index in [0.717, 1.165) is 0 Å². The molecule has 0 saturated carbocycles. The number of rotatable bonds is 4. The van der Waals surface area contributed by atoms with Crippen LogP contribution in [0.2, 0.25) is 5.02 Å². The molecule has 1 aromatic heterocycles. The molecule has 0 spiro atoms. The zero-order valence-electron chi connectivity index (χ0n) is 11.8. The van der Waals surface area contributed by atoms with Crippen molar-refractivity contribution in [2.45, 2.75) is 31.7 Å². The van der Waals surface area contributed by atoms with Crippen molar-refractivity contribution in [3.05, 3.63) is 40.6 Å². The van der Waals surface area contributed by atoms with Gasteiger partial charge in [0, 0.05) is 0 Å². The summed E-state index contributed by atoms with van der Waals surface area (Å²) in [5, 5.41) is 0.352. The van der Waals surface area contributed by atoms with Gasteiger partial charge in [-0.15, -0.1) is 0 Å². The molecule has 0 saturated heterocycles. The minimum Gasteiger partial charge on any atom is -0.444 e. The highest BCUT2D eigenvalue weighted by molar-refractivity contribution is 7.89. The topological polar surface area (TPSA) is 98.2 Å². The highest BCUT2D eigenvalue weighted by Gasteiger charge is 2.22. The molecule has 0 radical (unpaired) electrons. The summed E-state index contributed by atoms with van der Waals surface area (Å²) in [6.07, 6.45) is 1.53. The quantitative estimate of drug-likeness (QED) is 0.840. The molecule has 6 nitrogen and oxygen atoms in total. The minimum absolute atomic E-state index is 0.0528. The number of nitrogens with two attached hydrogens (primary N) is 1. The van der Waals surface area contributed by atoms with Crippen LogP contribution in [0.4, 0.5) is 5.69 Å². The highest BCUT2D eigenvalue weighted by atomic mass is 35.5. The van der Waals surface area contributed by atoms with Crippen LogP contribution in [0.5, 0.6) is 0 Å². The van der Waals surface area contributed by atoms with E-state index >= 15 is 0 Å². The Balaban J connectivity index is 2.30. The number of aromatic nitrogens is 1. The van der Waals surface area contributed by atoms with E-state index in [1.54, 1.807) is 20.8 Å². The van der Waals surface area contributed by atoms with E-state index in [2.05, 4.69) is 9.71 Å². The van der Waals surface area contributed by atoms with Crippen LogP contribution in [0.3, 0.4) is 0 Å². The molecule has 1 heterocycles. The van der Waals surface area contributed by atoms with Crippen molar-refractivity contribution in [3.63, 3.8) is 0 Å². The molecule has 0 amide bonds. The van der Waals surface area contributed by atoms with Crippen molar-refractivity contribution < 1.29 is 12.8 Å². The monoisotopic (exact) mass is 329 g/mol. The number of aryl methyl sites for hydroxylation is 2. The molecular weight excluding hydrogens is 314 g/mol. The van der Waals surface area contributed by atoms with Gasteiger partial charge in [-0.25, -0.2) is 13.4 Å². The van der Waals surface area contributed by atoms with Gasteiger partial charge in [-0.1, -0.05) is 11.6 Å². The summed E-state index contributed by atoms with van der Waals surface area (Å²) in [5.74, 6) is 0.914. The molecule has 114 valence electrons. The van der Waals surface area contributed by atoms with Gasteiger partial charge in [0.2, 0.25) is 15.9 Å². The third-order valence-electron chi connectivity index (χ3n) is 2.91. The second-order valence-electron chi connectivity index (χ2n) is 4.80. The predicted octanol–water partition coefficient (Wildman–Crippen LogP) is 2.57. The van der Waals surface area contributed by atoms with Gasteiger partial charge in [0.1, 0.15) is 5.76 Å². The molecule has 1 aromatic carbocycles. The van der Waals surface area contributed by atoms with Crippen molar-refractivity contribution in [1.29, 1.82) is 0 Å². The lowest BCUT2D eigenvalue weighted by Crippen LogP contribution is -2.27. The van der Waals surface area contributed by atoms with Gasteiger partial charge < -0.3 is 10.2 Å². The standard InChI is InChI=1S/C13H16ClN3O3S/c1-7-4-10(5-11(15)12(7)14)21(18,19)17-9(3)13-16-6-8(2)20-13/h4-6,9,17H,15H2,1-3H3. The molecule has 1 atom stereocenters. The first-order valence-corrected chi connectivity index (χ1v) is 8.07. The normalized spacial score (nSPS) is 13.3. The lowest BCUT2D eigenvalue weighted by molar-refractivity contribution is 0.428. The molecule has 2 rings (SSSR count). The maximum atomic E-state index is 12.4. The molecule has 1 unspecified atom stereocenters. The minimum atomic E-state index is -3.75. The zero-order valence-corrected chi connectivity index (χ0v) is 13.4. The van der Waals surface area contributed by atoms with E-state index in [-0.39, 0.29) is 10.6 Å². The largest absolute Gasteiger partial charge is 0.444 e. The van der Waals surface area contributed by atoms with E-state index in [1.807, 2.05) is 0 Å². The first-order chi connectivity index (χ1) is 9.70. The van der Waals surface area contributed by atoms with Gasteiger partial charge in [0.15, 0.2) is 0 Å². The highest BCUT2D eigenvalue weighted by Crippen LogP contribution is 2.27. The van der Waals surface area contributed by atoms with Crippen LogP contribution in [0.1, 0.15) is 30.2 Å². The Morgan fingerprint density at radius 2 is 2.05 bits per heavy atom. The SMILES string of the molecule is Cc1cnc(C(C)NS(=O)(=O)c2cc(C)c(Cl)c(N)c2)o1. The molecule has 21 heavy (non-hydrogen) atoms. The van der Waals surface area contributed by atoms with E-state index in [0.29, 0.717) is 22.2 Å². The first kappa shape index (κ1) is 15.8. The summed E-state index contributed by atoms with van der Waals surface area (Å²) in [6, 6.07) is 2.20. The van der Waals surface area contributed by atoms with Gasteiger partial charge in [0.25, 0.3) is 0 Å². The summed E-state index contributed by atoms with van der Waals surface area (Å²) in [5.41, 5.74) is 6.52. The second-order valence-corrected chi connectivity index (χ2v) is 6.89. The molecule has 0 aliphatic carbocycles. The number of benzene rings is 1. The van der Waals surface area contributed by atoms with Crippen LogP contribution in [0.25, 0.3) is 0 Å². The zero-order chi connectivity index (χ0) is 15.8. The maximum absolute atomic E-state index is 12.4. The summed E-state index contributed by atoms with van der Waals surface area (Å²) < 4.78 is 32.5. The second kappa shape index (κ2) is 5.67. The van der Waals surface area contributed by atoms with Gasteiger partial charge in [0.05, 0.1) is 27.8 Å². The van der Waals surface area contributed by atoms with Gasteiger partial charge in [-0.3, -0.25) is 0 Å². The predicted molar refractivity (Wildman–Crippen MR) is 80.6 cm³/mol. The first-order valence-electron chi connectivity index (χ1n) is 6.21. The Hall–Kier alpha value is -1.57.